The molecule has 1 aliphatic rings. The lowest BCUT2D eigenvalue weighted by atomic mass is 10.0. The lowest BCUT2D eigenvalue weighted by molar-refractivity contribution is 0.218. The molecule has 0 amide bonds. The van der Waals surface area contributed by atoms with Gasteiger partial charge in [-0.2, -0.15) is 0 Å². The minimum Gasteiger partial charge on any atom is -0.382 e. The Balaban J connectivity index is 1.08. The summed E-state index contributed by atoms with van der Waals surface area (Å²) in [4.78, 5) is 22.0. The smallest absolute Gasteiger partial charge is 0.260 e. The van der Waals surface area contributed by atoms with E-state index in [1.54, 1.807) is 6.07 Å². The third-order valence-electron chi connectivity index (χ3n) is 6.29. The molecule has 2 heterocycles. The van der Waals surface area contributed by atoms with Crippen molar-refractivity contribution in [1.82, 2.24) is 14.9 Å². The fraction of sp³-hybridized carbons (Fsp3) is 0.308. The second-order valence-corrected chi connectivity index (χ2v) is 8.50. The Bertz CT molecular complexity index is 1250. The molecule has 3 aromatic carbocycles. The van der Waals surface area contributed by atoms with Gasteiger partial charge in [-0.3, -0.25) is 9.78 Å². The van der Waals surface area contributed by atoms with Crippen LogP contribution in [0.5, 0.6) is 0 Å². The molecule has 164 valence electrons. The summed E-state index contributed by atoms with van der Waals surface area (Å²) in [5.41, 5.74) is 1.86. The number of fused-ring (bicyclic) bond motifs is 2. The summed E-state index contributed by atoms with van der Waals surface area (Å²) in [6, 6.07) is 23.0. The molecular formula is C26H29N5O. The predicted molar refractivity (Wildman–Crippen MR) is 133 cm³/mol. The zero-order valence-electron chi connectivity index (χ0n) is 18.2. The predicted octanol–water partition coefficient (Wildman–Crippen LogP) is 4.45. The number of para-hydroxylation sites is 1. The Morgan fingerprint density at radius 1 is 0.938 bits per heavy atom. The lowest BCUT2D eigenvalue weighted by Gasteiger charge is -2.33. The molecule has 5 rings (SSSR count). The van der Waals surface area contributed by atoms with Crippen LogP contribution in [0.3, 0.4) is 0 Å². The summed E-state index contributed by atoms with van der Waals surface area (Å²) < 4.78 is 0. The number of nitrogens with zero attached hydrogens (tertiary/aromatic N) is 2. The molecule has 1 aliphatic heterocycles. The van der Waals surface area contributed by atoms with Crippen LogP contribution in [0.15, 0.2) is 71.5 Å². The van der Waals surface area contributed by atoms with Crippen molar-refractivity contribution in [2.45, 2.75) is 25.3 Å². The Kier molecular flexibility index (Phi) is 6.03. The Labute approximate surface area is 187 Å². The number of anilines is 2. The third kappa shape index (κ3) is 4.60. The second kappa shape index (κ2) is 9.40. The Morgan fingerprint density at radius 2 is 1.69 bits per heavy atom. The average Bonchev–Trinajstić information content (AvgIpc) is 2.83. The van der Waals surface area contributed by atoms with Gasteiger partial charge >= 0.3 is 0 Å². The van der Waals surface area contributed by atoms with Gasteiger partial charge in [-0.25, -0.2) is 4.98 Å². The summed E-state index contributed by atoms with van der Waals surface area (Å²) in [7, 11) is 0. The van der Waals surface area contributed by atoms with Crippen molar-refractivity contribution in [2.75, 3.05) is 36.8 Å². The number of benzene rings is 3. The van der Waals surface area contributed by atoms with Crippen LogP contribution in [0.4, 0.5) is 11.6 Å². The van der Waals surface area contributed by atoms with Crippen LogP contribution in [-0.4, -0.2) is 47.1 Å². The van der Waals surface area contributed by atoms with Gasteiger partial charge in [-0.15, -0.1) is 0 Å². The molecule has 0 spiro atoms. The molecule has 1 fully saturated rings. The van der Waals surface area contributed by atoms with Crippen molar-refractivity contribution in [3.05, 3.63) is 77.1 Å². The van der Waals surface area contributed by atoms with Crippen LogP contribution < -0.4 is 16.2 Å². The van der Waals surface area contributed by atoms with Gasteiger partial charge in [0.15, 0.2) is 0 Å². The lowest BCUT2D eigenvalue weighted by Crippen LogP contribution is -2.39. The molecule has 0 atom stereocenters. The number of likely N-dealkylation sites (tertiary alicyclic amines) is 1. The fourth-order valence-corrected chi connectivity index (χ4v) is 4.55. The van der Waals surface area contributed by atoms with E-state index >= 15 is 0 Å². The molecule has 0 unspecified atom stereocenters. The first-order valence-electron chi connectivity index (χ1n) is 11.5. The first-order chi connectivity index (χ1) is 15.8. The van der Waals surface area contributed by atoms with Crippen molar-refractivity contribution in [1.29, 1.82) is 0 Å². The summed E-state index contributed by atoms with van der Waals surface area (Å²) >= 11 is 0. The number of rotatable bonds is 7. The number of hydrogen-bond acceptors (Lipinski definition) is 5. The zero-order chi connectivity index (χ0) is 21.8. The summed E-state index contributed by atoms with van der Waals surface area (Å²) in [6.45, 7) is 4.04. The van der Waals surface area contributed by atoms with E-state index in [1.807, 2.05) is 18.2 Å². The van der Waals surface area contributed by atoms with Gasteiger partial charge in [0.2, 0.25) is 5.95 Å². The highest BCUT2D eigenvalue weighted by atomic mass is 16.1. The van der Waals surface area contributed by atoms with Gasteiger partial charge < -0.3 is 15.5 Å². The Morgan fingerprint density at radius 3 is 2.56 bits per heavy atom. The van der Waals surface area contributed by atoms with E-state index in [0.29, 0.717) is 17.4 Å². The van der Waals surface area contributed by atoms with E-state index in [0.717, 1.165) is 51.0 Å². The van der Waals surface area contributed by atoms with Crippen LogP contribution in [0.1, 0.15) is 19.3 Å². The van der Waals surface area contributed by atoms with E-state index in [2.05, 4.69) is 68.0 Å². The first-order valence-corrected chi connectivity index (χ1v) is 11.5. The van der Waals surface area contributed by atoms with Crippen LogP contribution in [0.25, 0.3) is 21.7 Å². The highest BCUT2D eigenvalue weighted by molar-refractivity contribution is 5.93. The molecule has 1 saturated heterocycles. The maximum Gasteiger partial charge on any atom is 0.260 e. The van der Waals surface area contributed by atoms with E-state index in [1.165, 1.54) is 16.5 Å². The van der Waals surface area contributed by atoms with Crippen molar-refractivity contribution >= 4 is 33.3 Å². The number of piperidine rings is 1. The second-order valence-electron chi connectivity index (χ2n) is 8.50. The molecule has 6 heteroatoms. The third-order valence-corrected chi connectivity index (χ3v) is 6.29. The normalized spacial score (nSPS) is 15.2. The number of nitrogens with one attached hydrogen (secondary N) is 3. The molecule has 3 N–H and O–H groups in total. The molecule has 0 saturated carbocycles. The molecule has 0 aliphatic carbocycles. The minimum atomic E-state index is -0.0983. The molecular weight excluding hydrogens is 398 g/mol. The zero-order valence-corrected chi connectivity index (χ0v) is 18.2. The molecule has 1 aromatic heterocycles. The van der Waals surface area contributed by atoms with E-state index < -0.39 is 0 Å². The van der Waals surface area contributed by atoms with Crippen molar-refractivity contribution < 1.29 is 0 Å². The average molecular weight is 428 g/mol. The van der Waals surface area contributed by atoms with Crippen molar-refractivity contribution in [3.63, 3.8) is 0 Å². The van der Waals surface area contributed by atoms with Crippen LogP contribution in [0, 0.1) is 0 Å². The monoisotopic (exact) mass is 427 g/mol. The molecule has 6 nitrogen and oxygen atoms in total. The molecule has 0 bridgehead atoms. The number of aromatic amines is 1. The van der Waals surface area contributed by atoms with E-state index in [9.17, 15) is 4.79 Å². The van der Waals surface area contributed by atoms with Gasteiger partial charge in [-0.05, 0) is 49.4 Å². The maximum absolute atomic E-state index is 12.2. The SMILES string of the molecule is O=c1[nH]c(NCCCN2CCC(Nc3cccc4ccccc34)CC2)nc2ccccc12. The molecule has 32 heavy (non-hydrogen) atoms. The van der Waals surface area contributed by atoms with Gasteiger partial charge in [0, 0.05) is 36.7 Å². The first kappa shape index (κ1) is 20.5. The largest absolute Gasteiger partial charge is 0.382 e. The number of aromatic nitrogens is 2. The van der Waals surface area contributed by atoms with Crippen molar-refractivity contribution in [2.24, 2.45) is 0 Å². The molecule has 0 radical (unpaired) electrons. The van der Waals surface area contributed by atoms with Gasteiger partial charge in [-0.1, -0.05) is 48.5 Å². The Hall–Kier alpha value is -3.38. The van der Waals surface area contributed by atoms with Crippen molar-refractivity contribution in [3.8, 4) is 0 Å². The number of H-pyrrole nitrogens is 1. The van der Waals surface area contributed by atoms with Gasteiger partial charge in [0.05, 0.1) is 10.9 Å². The summed E-state index contributed by atoms with van der Waals surface area (Å²) in [6.07, 6.45) is 3.31. The maximum atomic E-state index is 12.2. The van der Waals surface area contributed by atoms with Crippen LogP contribution >= 0.6 is 0 Å². The van der Waals surface area contributed by atoms with Gasteiger partial charge in [0.25, 0.3) is 5.56 Å². The highest BCUT2D eigenvalue weighted by Gasteiger charge is 2.19. The highest BCUT2D eigenvalue weighted by Crippen LogP contribution is 2.25. The summed E-state index contributed by atoms with van der Waals surface area (Å²) in [5, 5.41) is 10.2. The van der Waals surface area contributed by atoms with Crippen LogP contribution in [0.2, 0.25) is 0 Å². The number of hydrogen-bond donors (Lipinski definition) is 3. The quantitative estimate of drug-likeness (QED) is 0.380. The topological polar surface area (TPSA) is 73.1 Å². The fourth-order valence-electron chi connectivity index (χ4n) is 4.55. The standard InChI is InChI=1S/C26H29N5O/c32-25-22-10-3-4-11-24(22)29-26(30-25)27-15-6-16-31-17-13-20(14-18-31)28-23-12-5-8-19-7-1-2-9-21(19)23/h1-5,7-12,20,28H,6,13-18H2,(H2,27,29,30,32). The van der Waals surface area contributed by atoms with E-state index in [-0.39, 0.29) is 5.56 Å². The molecule has 4 aromatic rings. The van der Waals surface area contributed by atoms with Gasteiger partial charge in [0.1, 0.15) is 0 Å². The summed E-state index contributed by atoms with van der Waals surface area (Å²) in [5.74, 6) is 0.548. The van der Waals surface area contributed by atoms with Crippen LogP contribution in [-0.2, 0) is 0 Å². The minimum absolute atomic E-state index is 0.0983. The van der Waals surface area contributed by atoms with E-state index in [4.69, 9.17) is 0 Å².